The summed E-state index contributed by atoms with van der Waals surface area (Å²) in [4.78, 5) is 22.1. The first-order valence-corrected chi connectivity index (χ1v) is 26.4. The van der Waals surface area contributed by atoms with E-state index < -0.39 is 53.2 Å². The molecule has 3 saturated heterocycles. The third-order valence-electron chi connectivity index (χ3n) is 15.4. The number of alkyl halides is 2. The Morgan fingerprint density at radius 2 is 1.10 bits per heavy atom. The van der Waals surface area contributed by atoms with Gasteiger partial charge in [0.25, 0.3) is 1.45 Å². The molecule has 7 aromatic rings. The van der Waals surface area contributed by atoms with E-state index in [1.807, 2.05) is 62.5 Å². The molecule has 3 atom stereocenters. The smallest absolute Gasteiger partial charge is 0.399 e. The van der Waals surface area contributed by atoms with Gasteiger partial charge in [-0.3, -0.25) is 19.7 Å². The summed E-state index contributed by atoms with van der Waals surface area (Å²) in [5.74, 6) is -6.48. The van der Waals surface area contributed by atoms with E-state index in [1.54, 1.807) is 6.20 Å². The summed E-state index contributed by atoms with van der Waals surface area (Å²) in [7, 11) is -0.322. The minimum atomic E-state index is -4.14. The fourth-order valence-electron chi connectivity index (χ4n) is 9.74. The number of piperazine rings is 2. The molecule has 10 rings (SSSR count). The average molecular weight is 1110 g/mol. The zero-order valence-electron chi connectivity index (χ0n) is 46.1. The topological polar surface area (TPSA) is 174 Å². The van der Waals surface area contributed by atoms with Crippen LogP contribution in [0, 0.1) is 11.6 Å². The summed E-state index contributed by atoms with van der Waals surface area (Å²) in [6.07, 6.45) is 6.17. The predicted molar refractivity (Wildman–Crippen MR) is 301 cm³/mol. The second-order valence-electron chi connectivity index (χ2n) is 20.9. The van der Waals surface area contributed by atoms with Crippen molar-refractivity contribution >= 4 is 35.3 Å². The number of hydrogen-bond acceptors (Lipinski definition) is 15. The molecule has 80 heavy (non-hydrogen) atoms. The quantitative estimate of drug-likeness (QED) is 0.0656. The van der Waals surface area contributed by atoms with Crippen LogP contribution in [0.4, 0.5) is 45.0 Å². The van der Waals surface area contributed by atoms with Gasteiger partial charge in [0.15, 0.2) is 5.60 Å². The number of tetrazole rings is 1. The number of aromatic nitrogens is 7. The van der Waals surface area contributed by atoms with Crippen molar-refractivity contribution in [2.24, 2.45) is 0 Å². The Kier molecular flexibility index (Phi) is 18.5. The summed E-state index contributed by atoms with van der Waals surface area (Å²) >= 11 is 0. The standard InChI is InChI=1S/C33H32F4N8O2.C24H34BN3O3.CH4.FH/c1-2-30(46)29-11-9-26(19-38-29)44-15-13-43(14-16-44)25-7-3-22(4-8-25)23-5-12-31(39-18-23)33(36,37)32(47,20-45-21-40-41-42-45)27-10-6-24(34)17-28(27)35;1-6-22(29)21-12-11-20(17-26-21)28-15-13-27(14-16-28)19-9-7-18(8-10-19)25-30-23(2,3)24(4,5)31-25;;/h3-12,17-19,21,30,46-47H,2,13-16,20H2,1H3;7-12,17,22,29H,6,13-16H2,1-5H3;1H4;1H/t30?,32-;;;/m0.../s1/i/hD. The molecule has 0 aliphatic carbocycles. The van der Waals surface area contributed by atoms with Crippen LogP contribution in [-0.2, 0) is 27.4 Å². The second-order valence-corrected chi connectivity index (χ2v) is 20.9. The maximum Gasteiger partial charge on any atom is 0.494 e. The SMILES string of the molecule is C.CCC(O)c1ccc(N2CCN(c3ccc(-c4ccc(C(F)(F)[C@](O)(Cn5cnnn5)c5ccc(F)cc5F)nc4)cc3)CC2)cn1.CCC(O)c1ccc(N2CCN(c3ccc(B4OC(C)(C)C(C)(C)O4)cc3)CC2)cn1.[2H]F. The molecular weight excluding hydrogens is 1040 g/mol. The molecule has 426 valence electrons. The lowest BCUT2D eigenvalue weighted by atomic mass is 9.79. The van der Waals surface area contributed by atoms with Crippen LogP contribution >= 0.6 is 0 Å². The highest BCUT2D eigenvalue weighted by atomic mass is 19.3. The maximum absolute atomic E-state index is 16.1. The van der Waals surface area contributed by atoms with Gasteiger partial charge in [-0.25, -0.2) is 13.5 Å². The monoisotopic (exact) mass is 1110 g/mol. The Bertz CT molecular complexity index is 3050. The number of halogens is 5. The van der Waals surface area contributed by atoms with Crippen molar-refractivity contribution in [3.8, 4) is 11.1 Å². The van der Waals surface area contributed by atoms with Crippen LogP contribution < -0.4 is 25.1 Å². The Balaban J connectivity index is 0.000000242. The highest BCUT2D eigenvalue weighted by molar-refractivity contribution is 6.62. The predicted octanol–water partition coefficient (Wildman–Crippen LogP) is 8.80. The molecule has 0 radical (unpaired) electrons. The lowest BCUT2D eigenvalue weighted by Crippen LogP contribution is -2.48. The molecule has 22 heteroatoms. The molecule has 0 spiro atoms. The number of hydrogen-bond donors (Lipinski definition) is 3. The first-order valence-electron chi connectivity index (χ1n) is 26.7. The largest absolute Gasteiger partial charge is 0.494 e. The summed E-state index contributed by atoms with van der Waals surface area (Å²) in [6.45, 7) is 18.2. The van der Waals surface area contributed by atoms with Crippen molar-refractivity contribution in [1.29, 1.82) is 1.45 Å². The molecule has 0 saturated carbocycles. The van der Waals surface area contributed by atoms with Crippen molar-refractivity contribution in [2.45, 2.75) is 103 Å². The van der Waals surface area contributed by atoms with Crippen molar-refractivity contribution in [1.82, 2.24) is 35.2 Å². The van der Waals surface area contributed by atoms with E-state index in [1.165, 1.54) is 18.0 Å². The molecule has 16 nitrogen and oxygen atoms in total. The molecule has 4 aromatic heterocycles. The van der Waals surface area contributed by atoms with Crippen molar-refractivity contribution in [3.63, 3.8) is 0 Å². The van der Waals surface area contributed by atoms with Crippen LogP contribution in [0.25, 0.3) is 11.1 Å². The lowest BCUT2D eigenvalue weighted by Gasteiger charge is -2.37. The number of pyridine rings is 3. The normalized spacial score (nSPS) is 17.7. The molecule has 0 amide bonds. The van der Waals surface area contributed by atoms with E-state index in [4.69, 9.17) is 14.0 Å². The molecule has 3 aromatic carbocycles. The van der Waals surface area contributed by atoms with E-state index in [-0.39, 0.29) is 25.7 Å². The number of aliphatic hydroxyl groups excluding tert-OH is 2. The van der Waals surface area contributed by atoms with Gasteiger partial charge in [0.1, 0.15) is 23.7 Å². The number of aliphatic hydroxyl groups is 3. The number of nitrogens with zero attached hydrogens (tertiary/aromatic N) is 11. The third kappa shape index (κ3) is 12.9. The van der Waals surface area contributed by atoms with Crippen molar-refractivity contribution in [3.05, 3.63) is 162 Å². The molecular formula is C58H71BF5N11O5. The summed E-state index contributed by atoms with van der Waals surface area (Å²) in [5.41, 5.74) is 2.60. The van der Waals surface area contributed by atoms with Crippen LogP contribution in [0.3, 0.4) is 0 Å². The van der Waals surface area contributed by atoms with E-state index in [9.17, 15) is 24.1 Å². The van der Waals surface area contributed by atoms with E-state index in [0.29, 0.717) is 30.2 Å². The molecule has 7 heterocycles. The number of benzene rings is 3. The van der Waals surface area contributed by atoms with Gasteiger partial charge in [-0.2, -0.15) is 8.78 Å². The Morgan fingerprint density at radius 1 is 0.637 bits per heavy atom. The Labute approximate surface area is 466 Å². The van der Waals surface area contributed by atoms with E-state index in [2.05, 4.69) is 110 Å². The lowest BCUT2D eigenvalue weighted by molar-refractivity contribution is -0.207. The van der Waals surface area contributed by atoms with Crippen LogP contribution in [-0.4, -0.2) is 123 Å². The van der Waals surface area contributed by atoms with E-state index in [0.717, 1.165) is 115 Å². The summed E-state index contributed by atoms with van der Waals surface area (Å²) < 4.78 is 86.7. The first kappa shape index (κ1) is 59.0. The fraction of sp³-hybridized carbons (Fsp3) is 0.414. The molecule has 3 aliphatic heterocycles. The number of anilines is 4. The average Bonchev–Trinajstić information content (AvgIpc) is 4.04. The summed E-state index contributed by atoms with van der Waals surface area (Å²) in [5, 5.41) is 41.6. The Morgan fingerprint density at radius 3 is 1.51 bits per heavy atom. The van der Waals surface area contributed by atoms with Gasteiger partial charge in [-0.1, -0.05) is 51.6 Å². The molecule has 3 aliphatic rings. The fourth-order valence-corrected chi connectivity index (χ4v) is 9.74. The van der Waals surface area contributed by atoms with Gasteiger partial charge in [-0.15, -0.1) is 5.10 Å². The molecule has 3 fully saturated rings. The van der Waals surface area contributed by atoms with Crippen LogP contribution in [0.5, 0.6) is 0 Å². The van der Waals surface area contributed by atoms with Gasteiger partial charge in [-0.05, 0) is 129 Å². The van der Waals surface area contributed by atoms with Crippen molar-refractivity contribution in [2.75, 3.05) is 72.0 Å². The minimum absolute atomic E-state index is 0. The third-order valence-corrected chi connectivity index (χ3v) is 15.4. The highest BCUT2D eigenvalue weighted by Gasteiger charge is 2.58. The first-order chi connectivity index (χ1) is 38.3. The van der Waals surface area contributed by atoms with Crippen LogP contribution in [0.1, 0.15) is 96.7 Å². The highest BCUT2D eigenvalue weighted by Crippen LogP contribution is 2.47. The van der Waals surface area contributed by atoms with Gasteiger partial charge in [0.05, 0.1) is 65.1 Å². The van der Waals surface area contributed by atoms with Gasteiger partial charge >= 0.3 is 13.0 Å². The number of rotatable bonds is 15. The van der Waals surface area contributed by atoms with Crippen LogP contribution in [0.15, 0.2) is 128 Å². The summed E-state index contributed by atoms with van der Waals surface area (Å²) in [6, 6.07) is 28.6. The van der Waals surface area contributed by atoms with Crippen LogP contribution in [0.2, 0.25) is 0 Å². The minimum Gasteiger partial charge on any atom is -0.399 e. The second kappa shape index (κ2) is 25.1. The molecule has 0 bridgehead atoms. The van der Waals surface area contributed by atoms with Gasteiger partial charge in [0, 0.05) is 87.1 Å². The zero-order valence-corrected chi connectivity index (χ0v) is 45.1. The van der Waals surface area contributed by atoms with E-state index >= 15 is 8.78 Å². The zero-order chi connectivity index (χ0) is 57.4. The Hall–Kier alpha value is -7.11. The van der Waals surface area contributed by atoms with Gasteiger partial charge in [0.2, 0.25) is 0 Å². The molecule has 2 unspecified atom stereocenters. The molecule has 3 N–H and O–H groups in total. The van der Waals surface area contributed by atoms with Gasteiger partial charge < -0.3 is 44.2 Å². The van der Waals surface area contributed by atoms with Crippen molar-refractivity contribution < 1.29 is 46.9 Å². The maximum atomic E-state index is 16.1.